The number of nitrogens with zero attached hydrogens (tertiary/aromatic N) is 2. The molecule has 3 aliphatic heterocycles. The number of rotatable bonds is 1. The van der Waals surface area contributed by atoms with Gasteiger partial charge in [0.15, 0.2) is 0 Å². The molecular weight excluding hydrogens is 216 g/mol. The van der Waals surface area contributed by atoms with Crippen LogP contribution in [0.15, 0.2) is 0 Å². The topological polar surface area (TPSA) is 40.6 Å². The summed E-state index contributed by atoms with van der Waals surface area (Å²) in [5.74, 6) is 0.125. The Morgan fingerprint density at radius 1 is 0.824 bits per heavy atom. The lowest BCUT2D eigenvalue weighted by atomic mass is 9.88. The fourth-order valence-electron chi connectivity index (χ4n) is 3.69. The number of imide groups is 1. The second-order valence-electron chi connectivity index (χ2n) is 5.47. The summed E-state index contributed by atoms with van der Waals surface area (Å²) in [5.41, 5.74) is 0. The Hall–Kier alpha value is -0.900. The van der Waals surface area contributed by atoms with Crippen molar-refractivity contribution in [1.29, 1.82) is 0 Å². The van der Waals surface area contributed by atoms with Crippen molar-refractivity contribution < 1.29 is 9.59 Å². The maximum Gasteiger partial charge on any atom is 0.229 e. The fourth-order valence-corrected chi connectivity index (χ4v) is 3.69. The van der Waals surface area contributed by atoms with Crippen molar-refractivity contribution in [3.63, 3.8) is 0 Å². The smallest absolute Gasteiger partial charge is 0.229 e. The zero-order chi connectivity index (χ0) is 11.8. The molecule has 0 radical (unpaired) electrons. The van der Waals surface area contributed by atoms with E-state index in [-0.39, 0.29) is 17.9 Å². The van der Waals surface area contributed by atoms with Gasteiger partial charge < -0.3 is 0 Å². The van der Waals surface area contributed by atoms with Gasteiger partial charge in [-0.15, -0.1) is 0 Å². The number of likely N-dealkylation sites (tertiary alicyclic amines) is 1. The van der Waals surface area contributed by atoms with Crippen molar-refractivity contribution in [3.8, 4) is 0 Å². The Kier molecular flexibility index (Phi) is 2.90. The first kappa shape index (κ1) is 11.2. The summed E-state index contributed by atoms with van der Waals surface area (Å²) in [6.07, 6.45) is 6.67. The summed E-state index contributed by atoms with van der Waals surface area (Å²) < 4.78 is 0. The van der Waals surface area contributed by atoms with Gasteiger partial charge in [-0.25, -0.2) is 0 Å². The number of carbonyl (C=O) groups is 2. The number of amides is 2. The van der Waals surface area contributed by atoms with E-state index >= 15 is 0 Å². The third-order valence-electron chi connectivity index (χ3n) is 4.48. The summed E-state index contributed by atoms with van der Waals surface area (Å²) in [6.45, 7) is 2.30. The van der Waals surface area contributed by atoms with Crippen LogP contribution in [0.4, 0.5) is 0 Å². The van der Waals surface area contributed by atoms with Crippen LogP contribution < -0.4 is 0 Å². The van der Waals surface area contributed by atoms with Crippen LogP contribution in [0.1, 0.15) is 44.9 Å². The number of fused-ring (bicyclic) bond motifs is 1. The van der Waals surface area contributed by atoms with E-state index in [0.29, 0.717) is 18.9 Å². The van der Waals surface area contributed by atoms with Crippen molar-refractivity contribution in [2.75, 3.05) is 13.1 Å². The molecule has 4 nitrogen and oxygen atoms in total. The predicted octanol–water partition coefficient (Wildman–Crippen LogP) is 1.15. The van der Waals surface area contributed by atoms with Gasteiger partial charge in [0.1, 0.15) is 0 Å². The van der Waals surface area contributed by atoms with Crippen LogP contribution in [0.5, 0.6) is 0 Å². The molecule has 0 spiro atoms. The molecule has 3 aliphatic rings. The third kappa shape index (κ3) is 1.88. The monoisotopic (exact) mass is 236 g/mol. The molecule has 3 saturated heterocycles. The normalized spacial score (nSPS) is 35.2. The lowest BCUT2D eigenvalue weighted by Gasteiger charge is -2.46. The summed E-state index contributed by atoms with van der Waals surface area (Å²) in [5, 5.41) is 0. The van der Waals surface area contributed by atoms with Crippen molar-refractivity contribution in [1.82, 2.24) is 9.80 Å². The van der Waals surface area contributed by atoms with Gasteiger partial charge in [0.05, 0.1) is 6.04 Å². The van der Waals surface area contributed by atoms with Gasteiger partial charge in [0.2, 0.25) is 11.8 Å². The highest BCUT2D eigenvalue weighted by atomic mass is 16.2. The van der Waals surface area contributed by atoms with Crippen LogP contribution in [0.3, 0.4) is 0 Å². The summed E-state index contributed by atoms with van der Waals surface area (Å²) >= 11 is 0. The zero-order valence-electron chi connectivity index (χ0n) is 10.2. The van der Waals surface area contributed by atoms with Gasteiger partial charge >= 0.3 is 0 Å². The van der Waals surface area contributed by atoms with Crippen LogP contribution in [-0.2, 0) is 9.59 Å². The summed E-state index contributed by atoms with van der Waals surface area (Å²) in [7, 11) is 0. The highest BCUT2D eigenvalue weighted by Gasteiger charge is 2.42. The average molecular weight is 236 g/mol. The first-order valence-corrected chi connectivity index (χ1v) is 6.86. The van der Waals surface area contributed by atoms with E-state index in [9.17, 15) is 9.59 Å². The number of hydrogen-bond donors (Lipinski definition) is 0. The lowest BCUT2D eigenvalue weighted by Crippen LogP contribution is -2.58. The van der Waals surface area contributed by atoms with Crippen LogP contribution in [-0.4, -0.2) is 46.8 Å². The van der Waals surface area contributed by atoms with E-state index in [4.69, 9.17) is 0 Å². The molecular formula is C13H20N2O2. The summed E-state index contributed by atoms with van der Waals surface area (Å²) in [6, 6.07) is 0.620. The van der Waals surface area contributed by atoms with Crippen LogP contribution >= 0.6 is 0 Å². The molecule has 3 fully saturated rings. The molecule has 0 bridgehead atoms. The standard InChI is InChI=1S/C13H20N2O2/c16-12-6-7-13(17)15(12)11-5-3-9-14-8-2-1-4-10(11)14/h10-11H,1-9H2/t10-,11-/m0/s1. The zero-order valence-corrected chi connectivity index (χ0v) is 10.2. The molecule has 17 heavy (non-hydrogen) atoms. The van der Waals surface area contributed by atoms with Crippen molar-refractivity contribution in [2.24, 2.45) is 0 Å². The Bertz CT molecular complexity index is 324. The molecule has 3 rings (SSSR count). The second kappa shape index (κ2) is 4.41. The first-order valence-electron chi connectivity index (χ1n) is 6.86. The third-order valence-corrected chi connectivity index (χ3v) is 4.48. The van der Waals surface area contributed by atoms with E-state index < -0.39 is 0 Å². The molecule has 2 amide bonds. The average Bonchev–Trinajstić information content (AvgIpc) is 2.69. The largest absolute Gasteiger partial charge is 0.298 e. The second-order valence-corrected chi connectivity index (χ2v) is 5.47. The van der Waals surface area contributed by atoms with Gasteiger partial charge in [-0.3, -0.25) is 19.4 Å². The minimum Gasteiger partial charge on any atom is -0.298 e. The van der Waals surface area contributed by atoms with E-state index in [1.54, 1.807) is 4.90 Å². The molecule has 0 aromatic rings. The quantitative estimate of drug-likeness (QED) is 0.641. The van der Waals surface area contributed by atoms with Crippen LogP contribution in [0, 0.1) is 0 Å². The van der Waals surface area contributed by atoms with Gasteiger partial charge in [-0.05, 0) is 38.8 Å². The first-order chi connectivity index (χ1) is 8.27. The molecule has 0 aromatic heterocycles. The van der Waals surface area contributed by atoms with Crippen molar-refractivity contribution in [2.45, 2.75) is 57.0 Å². The van der Waals surface area contributed by atoms with E-state index in [1.807, 2.05) is 0 Å². The maximum absolute atomic E-state index is 11.8. The molecule has 0 aromatic carbocycles. The SMILES string of the molecule is O=C1CCC(=O)N1[C@H]1CCCN2CCCC[C@@H]12. The Labute approximate surface area is 102 Å². The maximum atomic E-state index is 11.8. The molecule has 3 heterocycles. The fraction of sp³-hybridized carbons (Fsp3) is 0.846. The van der Waals surface area contributed by atoms with Crippen LogP contribution in [0.25, 0.3) is 0 Å². The molecule has 0 N–H and O–H groups in total. The molecule has 0 aliphatic carbocycles. The van der Waals surface area contributed by atoms with Crippen molar-refractivity contribution >= 4 is 11.8 Å². The summed E-state index contributed by atoms with van der Waals surface area (Å²) in [4.78, 5) is 27.8. The van der Waals surface area contributed by atoms with Crippen LogP contribution in [0.2, 0.25) is 0 Å². The van der Waals surface area contributed by atoms with Gasteiger partial charge in [-0.1, -0.05) is 6.42 Å². The van der Waals surface area contributed by atoms with Crippen molar-refractivity contribution in [3.05, 3.63) is 0 Å². The number of hydrogen-bond acceptors (Lipinski definition) is 3. The molecule has 4 heteroatoms. The minimum absolute atomic E-state index is 0.0624. The number of piperidine rings is 2. The van der Waals surface area contributed by atoms with Gasteiger partial charge in [-0.2, -0.15) is 0 Å². The highest BCUT2D eigenvalue weighted by Crippen LogP contribution is 2.32. The van der Waals surface area contributed by atoms with E-state index in [2.05, 4.69) is 4.90 Å². The Balaban J connectivity index is 1.80. The molecule has 2 atom stereocenters. The molecule has 94 valence electrons. The van der Waals surface area contributed by atoms with Gasteiger partial charge in [0, 0.05) is 18.9 Å². The Morgan fingerprint density at radius 3 is 2.24 bits per heavy atom. The van der Waals surface area contributed by atoms with Gasteiger partial charge in [0.25, 0.3) is 0 Å². The van der Waals surface area contributed by atoms with E-state index in [0.717, 1.165) is 32.4 Å². The predicted molar refractivity (Wildman–Crippen MR) is 63.3 cm³/mol. The molecule has 0 unspecified atom stereocenters. The highest BCUT2D eigenvalue weighted by molar-refractivity contribution is 6.02. The lowest BCUT2D eigenvalue weighted by molar-refractivity contribution is -0.144. The molecule has 0 saturated carbocycles. The minimum atomic E-state index is 0.0624. The van der Waals surface area contributed by atoms with E-state index in [1.165, 1.54) is 12.8 Å². The Morgan fingerprint density at radius 2 is 1.47 bits per heavy atom. The number of carbonyl (C=O) groups excluding carboxylic acids is 2.